The summed E-state index contributed by atoms with van der Waals surface area (Å²) < 4.78 is 0. The van der Waals surface area contributed by atoms with Crippen LogP contribution in [0.5, 0.6) is 0 Å². The molecule has 0 heterocycles. The van der Waals surface area contributed by atoms with Gasteiger partial charge in [-0.15, -0.1) is 0 Å². The van der Waals surface area contributed by atoms with Crippen LogP contribution in [0.15, 0.2) is 0 Å². The van der Waals surface area contributed by atoms with Crippen molar-refractivity contribution in [3.05, 3.63) is 0 Å². The monoisotopic (exact) mass is 188 g/mol. The van der Waals surface area contributed by atoms with Gasteiger partial charge in [-0.3, -0.25) is 4.79 Å². The summed E-state index contributed by atoms with van der Waals surface area (Å²) in [5, 5.41) is 11.8. The minimum absolute atomic E-state index is 0.207. The van der Waals surface area contributed by atoms with Crippen LogP contribution in [0.3, 0.4) is 0 Å². The SMILES string of the molecule is CC(C)NC(CCCCN)C(=O)O. The molecule has 0 aliphatic heterocycles. The Morgan fingerprint density at radius 2 is 2.08 bits per heavy atom. The summed E-state index contributed by atoms with van der Waals surface area (Å²) in [7, 11) is 0. The lowest BCUT2D eigenvalue weighted by atomic mass is 10.1. The van der Waals surface area contributed by atoms with Gasteiger partial charge >= 0.3 is 5.97 Å². The van der Waals surface area contributed by atoms with Crippen LogP contribution in [0.4, 0.5) is 0 Å². The number of carbonyl (C=O) groups is 1. The van der Waals surface area contributed by atoms with Crippen LogP contribution in [0.2, 0.25) is 0 Å². The number of unbranched alkanes of at least 4 members (excludes halogenated alkanes) is 1. The summed E-state index contributed by atoms with van der Waals surface area (Å²) in [5.74, 6) is -0.772. The Labute approximate surface area is 79.5 Å². The van der Waals surface area contributed by atoms with E-state index >= 15 is 0 Å². The number of aliphatic carboxylic acids is 1. The van der Waals surface area contributed by atoms with Gasteiger partial charge in [-0.05, 0) is 19.4 Å². The number of hydrogen-bond acceptors (Lipinski definition) is 3. The molecule has 0 spiro atoms. The van der Waals surface area contributed by atoms with E-state index in [4.69, 9.17) is 10.8 Å². The lowest BCUT2D eigenvalue weighted by molar-refractivity contribution is -0.139. The summed E-state index contributed by atoms with van der Waals surface area (Å²) in [6.45, 7) is 4.52. The minimum atomic E-state index is -0.772. The molecule has 4 heteroatoms. The second-order valence-corrected chi connectivity index (χ2v) is 3.50. The standard InChI is InChI=1S/C9H20N2O2/c1-7(2)11-8(9(12)13)5-3-4-6-10/h7-8,11H,3-6,10H2,1-2H3,(H,12,13). The molecule has 1 unspecified atom stereocenters. The molecule has 0 bridgehead atoms. The van der Waals surface area contributed by atoms with Crippen LogP contribution >= 0.6 is 0 Å². The van der Waals surface area contributed by atoms with Crippen molar-refractivity contribution in [2.24, 2.45) is 5.73 Å². The Bertz CT molecular complexity index is 149. The number of hydrogen-bond donors (Lipinski definition) is 3. The number of nitrogens with one attached hydrogen (secondary N) is 1. The van der Waals surface area contributed by atoms with Gasteiger partial charge in [-0.2, -0.15) is 0 Å². The predicted molar refractivity (Wildman–Crippen MR) is 52.6 cm³/mol. The molecule has 0 aliphatic carbocycles. The average Bonchev–Trinajstić information content (AvgIpc) is 2.02. The zero-order valence-electron chi connectivity index (χ0n) is 8.42. The third-order valence-corrected chi connectivity index (χ3v) is 1.78. The van der Waals surface area contributed by atoms with Gasteiger partial charge in [0.2, 0.25) is 0 Å². The van der Waals surface area contributed by atoms with E-state index < -0.39 is 12.0 Å². The van der Waals surface area contributed by atoms with E-state index in [0.717, 1.165) is 12.8 Å². The highest BCUT2D eigenvalue weighted by Crippen LogP contribution is 2.01. The van der Waals surface area contributed by atoms with Crippen molar-refractivity contribution in [2.75, 3.05) is 6.54 Å². The zero-order chi connectivity index (χ0) is 10.3. The first kappa shape index (κ1) is 12.4. The van der Waals surface area contributed by atoms with E-state index in [1.165, 1.54) is 0 Å². The molecule has 0 amide bonds. The summed E-state index contributed by atoms with van der Waals surface area (Å²) in [6, 6.07) is -0.217. The molecule has 0 aliphatic rings. The van der Waals surface area contributed by atoms with E-state index in [9.17, 15) is 4.79 Å². The van der Waals surface area contributed by atoms with Crippen molar-refractivity contribution in [2.45, 2.75) is 45.2 Å². The zero-order valence-corrected chi connectivity index (χ0v) is 8.42. The van der Waals surface area contributed by atoms with Crippen LogP contribution in [0, 0.1) is 0 Å². The molecule has 0 saturated carbocycles. The van der Waals surface area contributed by atoms with Gasteiger partial charge in [0.05, 0.1) is 0 Å². The first-order chi connectivity index (χ1) is 6.07. The van der Waals surface area contributed by atoms with Crippen LogP contribution in [-0.4, -0.2) is 29.7 Å². The van der Waals surface area contributed by atoms with Gasteiger partial charge in [0.25, 0.3) is 0 Å². The molecule has 0 fully saturated rings. The normalized spacial score (nSPS) is 13.2. The Morgan fingerprint density at radius 3 is 2.46 bits per heavy atom. The number of carboxylic acids is 1. The topological polar surface area (TPSA) is 75.3 Å². The van der Waals surface area contributed by atoms with Gasteiger partial charge < -0.3 is 16.2 Å². The molecule has 0 aromatic carbocycles. The highest BCUT2D eigenvalue weighted by molar-refractivity contribution is 5.73. The molecule has 0 aromatic rings. The second kappa shape index (κ2) is 6.86. The maximum Gasteiger partial charge on any atom is 0.320 e. The van der Waals surface area contributed by atoms with Crippen LogP contribution in [0.1, 0.15) is 33.1 Å². The van der Waals surface area contributed by atoms with E-state index in [1.54, 1.807) is 0 Å². The molecule has 0 aromatic heterocycles. The quantitative estimate of drug-likeness (QED) is 0.510. The summed E-state index contributed by atoms with van der Waals surface area (Å²) >= 11 is 0. The number of nitrogens with two attached hydrogens (primary N) is 1. The van der Waals surface area contributed by atoms with Gasteiger partial charge in [0, 0.05) is 6.04 Å². The largest absolute Gasteiger partial charge is 0.480 e. The highest BCUT2D eigenvalue weighted by Gasteiger charge is 2.16. The Morgan fingerprint density at radius 1 is 1.46 bits per heavy atom. The van der Waals surface area contributed by atoms with Crippen molar-refractivity contribution in [1.82, 2.24) is 5.32 Å². The molecule has 4 N–H and O–H groups in total. The maximum absolute atomic E-state index is 10.7. The minimum Gasteiger partial charge on any atom is -0.480 e. The van der Waals surface area contributed by atoms with Crippen molar-refractivity contribution in [1.29, 1.82) is 0 Å². The molecule has 4 nitrogen and oxygen atoms in total. The number of carboxylic acid groups (broad SMARTS) is 1. The van der Waals surface area contributed by atoms with Gasteiger partial charge in [-0.25, -0.2) is 0 Å². The molecular weight excluding hydrogens is 168 g/mol. The second-order valence-electron chi connectivity index (χ2n) is 3.50. The van der Waals surface area contributed by atoms with Crippen molar-refractivity contribution in [3.8, 4) is 0 Å². The van der Waals surface area contributed by atoms with E-state index in [2.05, 4.69) is 5.32 Å². The van der Waals surface area contributed by atoms with Crippen molar-refractivity contribution >= 4 is 5.97 Å². The fourth-order valence-electron chi connectivity index (χ4n) is 1.17. The fraction of sp³-hybridized carbons (Fsp3) is 0.889. The van der Waals surface area contributed by atoms with E-state index in [-0.39, 0.29) is 6.04 Å². The van der Waals surface area contributed by atoms with E-state index in [0.29, 0.717) is 13.0 Å². The third-order valence-electron chi connectivity index (χ3n) is 1.78. The van der Waals surface area contributed by atoms with Gasteiger partial charge in [-0.1, -0.05) is 20.3 Å². The molecule has 78 valence electrons. The fourth-order valence-corrected chi connectivity index (χ4v) is 1.17. The van der Waals surface area contributed by atoms with Crippen LogP contribution in [0.25, 0.3) is 0 Å². The summed E-state index contributed by atoms with van der Waals surface area (Å²) in [6.07, 6.45) is 2.42. The molecular formula is C9H20N2O2. The molecule has 0 rings (SSSR count). The Hall–Kier alpha value is -0.610. The molecule has 0 saturated heterocycles. The lowest BCUT2D eigenvalue weighted by Gasteiger charge is -2.16. The smallest absolute Gasteiger partial charge is 0.320 e. The molecule has 1 atom stereocenters. The predicted octanol–water partition coefficient (Wildman–Crippen LogP) is 0.567. The van der Waals surface area contributed by atoms with Crippen LogP contribution in [-0.2, 0) is 4.79 Å². The van der Waals surface area contributed by atoms with Gasteiger partial charge in [0.1, 0.15) is 6.04 Å². The third kappa shape index (κ3) is 6.54. The Balaban J connectivity index is 3.74. The van der Waals surface area contributed by atoms with Crippen molar-refractivity contribution in [3.63, 3.8) is 0 Å². The molecule has 0 radical (unpaired) electrons. The summed E-state index contributed by atoms with van der Waals surface area (Å²) in [4.78, 5) is 10.7. The first-order valence-electron chi connectivity index (χ1n) is 4.76. The van der Waals surface area contributed by atoms with Crippen LogP contribution < -0.4 is 11.1 Å². The van der Waals surface area contributed by atoms with E-state index in [1.807, 2.05) is 13.8 Å². The maximum atomic E-state index is 10.7. The lowest BCUT2D eigenvalue weighted by Crippen LogP contribution is -2.40. The number of rotatable bonds is 7. The highest BCUT2D eigenvalue weighted by atomic mass is 16.4. The first-order valence-corrected chi connectivity index (χ1v) is 4.76. The Kier molecular flexibility index (Phi) is 6.54. The molecule has 13 heavy (non-hydrogen) atoms. The van der Waals surface area contributed by atoms with Gasteiger partial charge in [0.15, 0.2) is 0 Å². The average molecular weight is 188 g/mol. The summed E-state index contributed by atoms with van der Waals surface area (Å²) in [5.41, 5.74) is 5.32. The van der Waals surface area contributed by atoms with Crippen molar-refractivity contribution < 1.29 is 9.90 Å².